The number of nitrogens with zero attached hydrogens (tertiary/aromatic N) is 2. The highest BCUT2D eigenvalue weighted by atomic mass is 19.4. The Labute approximate surface area is 149 Å². The number of halogens is 3. The van der Waals surface area contributed by atoms with Gasteiger partial charge < -0.3 is 15.0 Å². The molecule has 4 heterocycles. The summed E-state index contributed by atoms with van der Waals surface area (Å²) in [7, 11) is 0. The van der Waals surface area contributed by atoms with E-state index in [0.29, 0.717) is 31.1 Å². The molecule has 0 aliphatic carbocycles. The lowest BCUT2D eigenvalue weighted by molar-refractivity contribution is -0.137. The number of hydrogen-bond acceptors (Lipinski definition) is 4. The number of fused-ring (bicyclic) bond motifs is 1. The monoisotopic (exact) mass is 369 g/mol. The number of hydrogen-bond donors (Lipinski definition) is 1. The van der Waals surface area contributed by atoms with Gasteiger partial charge in [-0.3, -0.25) is 4.79 Å². The summed E-state index contributed by atoms with van der Waals surface area (Å²) >= 11 is 0. The van der Waals surface area contributed by atoms with Gasteiger partial charge in [0.1, 0.15) is 5.82 Å². The van der Waals surface area contributed by atoms with Gasteiger partial charge >= 0.3 is 6.18 Å². The van der Waals surface area contributed by atoms with Crippen molar-refractivity contribution in [2.75, 3.05) is 24.5 Å². The standard InChI is InChI=1S/C18H22F3N3O2/c1-10-5-12(18(19,20)21)6-16(23-10)24-8-14-13(7-22-11(2)25)15-3-4-17(14,9-24)26-15/h5-6,13-15H,3-4,7-9H2,1-2H3,(H,22,25)/t13-,14+,15+,17+/m0/s1. The Kier molecular flexibility index (Phi) is 3.95. The van der Waals surface area contributed by atoms with Gasteiger partial charge in [-0.15, -0.1) is 0 Å². The fraction of sp³-hybridized carbons (Fsp3) is 0.667. The molecule has 0 aromatic carbocycles. The van der Waals surface area contributed by atoms with Crippen molar-refractivity contribution < 1.29 is 22.7 Å². The molecule has 2 bridgehead atoms. The third kappa shape index (κ3) is 2.84. The number of alkyl halides is 3. The molecule has 3 aliphatic heterocycles. The van der Waals surface area contributed by atoms with Crippen molar-refractivity contribution >= 4 is 11.7 Å². The number of pyridine rings is 1. The number of rotatable bonds is 3. The lowest BCUT2D eigenvalue weighted by Gasteiger charge is -2.29. The normalized spacial score (nSPS) is 32.8. The van der Waals surface area contributed by atoms with Crippen LogP contribution in [0.2, 0.25) is 0 Å². The van der Waals surface area contributed by atoms with Crippen molar-refractivity contribution in [3.8, 4) is 0 Å². The van der Waals surface area contributed by atoms with Gasteiger partial charge in [-0.1, -0.05) is 0 Å². The number of carbonyl (C=O) groups is 1. The van der Waals surface area contributed by atoms with Crippen molar-refractivity contribution in [3.05, 3.63) is 23.4 Å². The Bertz CT molecular complexity index is 739. The quantitative estimate of drug-likeness (QED) is 0.890. The van der Waals surface area contributed by atoms with E-state index in [4.69, 9.17) is 4.74 Å². The van der Waals surface area contributed by atoms with E-state index in [1.54, 1.807) is 6.92 Å². The molecule has 1 aromatic heterocycles. The summed E-state index contributed by atoms with van der Waals surface area (Å²) in [6.45, 7) is 4.78. The first-order chi connectivity index (χ1) is 12.2. The zero-order valence-electron chi connectivity index (χ0n) is 14.8. The van der Waals surface area contributed by atoms with Gasteiger partial charge in [0.05, 0.1) is 17.3 Å². The van der Waals surface area contributed by atoms with E-state index in [1.807, 2.05) is 4.90 Å². The fourth-order valence-electron chi connectivity index (χ4n) is 4.88. The smallest absolute Gasteiger partial charge is 0.369 e. The summed E-state index contributed by atoms with van der Waals surface area (Å²) in [6, 6.07) is 2.19. The van der Waals surface area contributed by atoms with Gasteiger partial charge in [0.15, 0.2) is 0 Å². The lowest BCUT2D eigenvalue weighted by atomic mass is 9.73. The topological polar surface area (TPSA) is 54.5 Å². The molecule has 5 nitrogen and oxygen atoms in total. The van der Waals surface area contributed by atoms with E-state index in [9.17, 15) is 18.0 Å². The van der Waals surface area contributed by atoms with Crippen molar-refractivity contribution in [1.82, 2.24) is 10.3 Å². The fourth-order valence-corrected chi connectivity index (χ4v) is 4.88. The minimum Gasteiger partial charge on any atom is -0.369 e. The highest BCUT2D eigenvalue weighted by molar-refractivity contribution is 5.72. The van der Waals surface area contributed by atoms with Gasteiger partial charge in [0.2, 0.25) is 5.91 Å². The number of carbonyl (C=O) groups excluding carboxylic acids is 1. The second-order valence-electron chi connectivity index (χ2n) is 7.70. The van der Waals surface area contributed by atoms with Crippen LogP contribution in [0.5, 0.6) is 0 Å². The molecule has 0 saturated carbocycles. The average molecular weight is 369 g/mol. The molecule has 8 heteroatoms. The predicted octanol–water partition coefficient (Wildman–Crippen LogP) is 2.53. The van der Waals surface area contributed by atoms with E-state index in [2.05, 4.69) is 10.3 Å². The maximum absolute atomic E-state index is 13.1. The number of aryl methyl sites for hydroxylation is 1. The minimum atomic E-state index is -4.39. The molecule has 1 amide bonds. The largest absolute Gasteiger partial charge is 0.416 e. The molecule has 4 rings (SSSR count). The Morgan fingerprint density at radius 3 is 2.92 bits per heavy atom. The number of nitrogens with one attached hydrogen (secondary N) is 1. The summed E-state index contributed by atoms with van der Waals surface area (Å²) in [5.74, 6) is 0.674. The van der Waals surface area contributed by atoms with Gasteiger partial charge in [-0.05, 0) is 31.9 Å². The summed E-state index contributed by atoms with van der Waals surface area (Å²) in [4.78, 5) is 17.5. The molecule has 3 aliphatic rings. The first-order valence-corrected chi connectivity index (χ1v) is 8.91. The van der Waals surface area contributed by atoms with Crippen LogP contribution in [0.25, 0.3) is 0 Å². The average Bonchev–Trinajstić information content (AvgIpc) is 3.19. The SMILES string of the molecule is CC(=O)NC[C@H]1[C@H]2CN(c3cc(C(F)(F)F)cc(C)n3)C[C@]23CC[C@H]1O3. The second-order valence-corrected chi connectivity index (χ2v) is 7.70. The van der Waals surface area contributed by atoms with Crippen LogP contribution in [0.1, 0.15) is 31.0 Å². The van der Waals surface area contributed by atoms with Crippen LogP contribution >= 0.6 is 0 Å². The first-order valence-electron chi connectivity index (χ1n) is 8.91. The number of aromatic nitrogens is 1. The molecule has 142 valence electrons. The zero-order valence-corrected chi connectivity index (χ0v) is 14.8. The molecular formula is C18H22F3N3O2. The van der Waals surface area contributed by atoms with E-state index < -0.39 is 11.7 Å². The van der Waals surface area contributed by atoms with Crippen LogP contribution in [0.4, 0.5) is 19.0 Å². The molecule has 4 atom stereocenters. The van der Waals surface area contributed by atoms with Gasteiger partial charge in [-0.25, -0.2) is 4.98 Å². The van der Waals surface area contributed by atoms with Crippen LogP contribution in [0.3, 0.4) is 0 Å². The Balaban J connectivity index is 1.58. The minimum absolute atomic E-state index is 0.0770. The van der Waals surface area contributed by atoms with Crippen LogP contribution in [0, 0.1) is 18.8 Å². The van der Waals surface area contributed by atoms with E-state index in [1.165, 1.54) is 6.92 Å². The molecule has 0 radical (unpaired) electrons. The molecule has 26 heavy (non-hydrogen) atoms. The Hall–Kier alpha value is -1.83. The third-order valence-corrected chi connectivity index (χ3v) is 5.96. The summed E-state index contributed by atoms with van der Waals surface area (Å²) in [5, 5.41) is 2.87. The predicted molar refractivity (Wildman–Crippen MR) is 88.7 cm³/mol. The Morgan fingerprint density at radius 1 is 1.46 bits per heavy atom. The number of amides is 1. The highest BCUT2D eigenvalue weighted by Gasteiger charge is 2.63. The maximum Gasteiger partial charge on any atom is 0.416 e. The summed E-state index contributed by atoms with van der Waals surface area (Å²) in [6.07, 6.45) is -2.42. The van der Waals surface area contributed by atoms with Gasteiger partial charge in [0.25, 0.3) is 0 Å². The highest BCUT2D eigenvalue weighted by Crippen LogP contribution is 2.55. The van der Waals surface area contributed by atoms with Gasteiger partial charge in [-0.2, -0.15) is 13.2 Å². The van der Waals surface area contributed by atoms with Crippen molar-refractivity contribution in [2.45, 2.75) is 44.6 Å². The molecule has 1 N–H and O–H groups in total. The lowest BCUT2D eigenvalue weighted by Crippen LogP contribution is -2.41. The van der Waals surface area contributed by atoms with Crippen LogP contribution in [0.15, 0.2) is 12.1 Å². The molecule has 0 unspecified atom stereocenters. The van der Waals surface area contributed by atoms with Crippen molar-refractivity contribution in [1.29, 1.82) is 0 Å². The van der Waals surface area contributed by atoms with Crippen molar-refractivity contribution in [2.24, 2.45) is 11.8 Å². The van der Waals surface area contributed by atoms with Crippen LogP contribution in [-0.4, -0.2) is 42.2 Å². The Morgan fingerprint density at radius 2 is 2.23 bits per heavy atom. The van der Waals surface area contributed by atoms with Crippen LogP contribution in [-0.2, 0) is 15.7 Å². The molecule has 3 fully saturated rings. The van der Waals surface area contributed by atoms with Crippen molar-refractivity contribution in [3.63, 3.8) is 0 Å². The van der Waals surface area contributed by atoms with Crippen LogP contribution < -0.4 is 10.2 Å². The second kappa shape index (κ2) is 5.84. The maximum atomic E-state index is 13.1. The molecule has 1 spiro atoms. The molecule has 1 aromatic rings. The van der Waals surface area contributed by atoms with E-state index >= 15 is 0 Å². The van der Waals surface area contributed by atoms with E-state index in [0.717, 1.165) is 25.0 Å². The summed E-state index contributed by atoms with van der Waals surface area (Å²) in [5.41, 5.74) is -0.642. The van der Waals surface area contributed by atoms with Gasteiger partial charge in [0, 0.05) is 44.1 Å². The molecule has 3 saturated heterocycles. The summed E-state index contributed by atoms with van der Waals surface area (Å²) < 4.78 is 45.7. The molecular weight excluding hydrogens is 347 g/mol. The first kappa shape index (κ1) is 17.6. The zero-order chi connectivity index (χ0) is 18.7. The third-order valence-electron chi connectivity index (χ3n) is 5.96. The number of ether oxygens (including phenoxy) is 1. The van der Waals surface area contributed by atoms with E-state index in [-0.39, 0.29) is 29.4 Å². The number of anilines is 1.